The first-order valence-electron chi connectivity index (χ1n) is 6.66. The molecule has 21 heavy (non-hydrogen) atoms. The molecule has 1 unspecified atom stereocenters. The van der Waals surface area contributed by atoms with Crippen molar-refractivity contribution in [3.63, 3.8) is 0 Å². The second-order valence-corrected chi connectivity index (χ2v) is 4.91. The molecule has 0 bridgehead atoms. The molecule has 2 aromatic heterocycles. The number of aryl methyl sites for hydroxylation is 1. The Kier molecular flexibility index (Phi) is 3.62. The van der Waals surface area contributed by atoms with Crippen LogP contribution in [0.5, 0.6) is 0 Å². The van der Waals surface area contributed by atoms with Crippen LogP contribution in [0.4, 0.5) is 13.2 Å². The molecule has 1 aliphatic rings. The fraction of sp³-hybridized carbons (Fsp3) is 0.462. The van der Waals surface area contributed by atoms with Gasteiger partial charge in [-0.1, -0.05) is 0 Å². The number of fused-ring (bicyclic) bond motifs is 1. The van der Waals surface area contributed by atoms with Crippen LogP contribution in [0.3, 0.4) is 0 Å². The minimum atomic E-state index is -4.18. The number of nitrogens with zero attached hydrogens (tertiary/aromatic N) is 4. The number of alkyl halides is 3. The van der Waals surface area contributed by atoms with Crippen LogP contribution in [0.2, 0.25) is 0 Å². The van der Waals surface area contributed by atoms with E-state index < -0.39 is 12.6 Å². The lowest BCUT2D eigenvalue weighted by molar-refractivity contribution is -0.134. The molecular weight excluding hydrogens is 283 g/mol. The van der Waals surface area contributed by atoms with Gasteiger partial charge in [-0.3, -0.25) is 4.98 Å². The molecule has 1 aliphatic heterocycles. The Balaban J connectivity index is 1.85. The molecule has 0 amide bonds. The second-order valence-electron chi connectivity index (χ2n) is 4.91. The van der Waals surface area contributed by atoms with Gasteiger partial charge in [0.2, 0.25) is 0 Å². The van der Waals surface area contributed by atoms with E-state index in [2.05, 4.69) is 20.5 Å². The summed E-state index contributed by atoms with van der Waals surface area (Å²) in [5.41, 5.74) is 0.973. The highest BCUT2D eigenvalue weighted by molar-refractivity contribution is 5.24. The summed E-state index contributed by atoms with van der Waals surface area (Å²) in [6.07, 6.45) is -1.84. The van der Waals surface area contributed by atoms with Crippen molar-refractivity contribution in [2.24, 2.45) is 0 Å². The van der Waals surface area contributed by atoms with Crippen molar-refractivity contribution >= 4 is 0 Å². The predicted molar refractivity (Wildman–Crippen MR) is 68.5 cm³/mol. The zero-order valence-corrected chi connectivity index (χ0v) is 11.1. The van der Waals surface area contributed by atoms with Gasteiger partial charge in [0, 0.05) is 31.9 Å². The number of halogens is 3. The van der Waals surface area contributed by atoms with Gasteiger partial charge in [-0.25, -0.2) is 0 Å². The largest absolute Gasteiger partial charge is 0.389 e. The van der Waals surface area contributed by atoms with Crippen LogP contribution >= 0.6 is 0 Å². The summed E-state index contributed by atoms with van der Waals surface area (Å²) in [6, 6.07) is 3.56. The first-order chi connectivity index (χ1) is 10.0. The lowest BCUT2D eigenvalue weighted by Crippen LogP contribution is -2.35. The highest BCUT2D eigenvalue weighted by atomic mass is 19.4. The van der Waals surface area contributed by atoms with E-state index >= 15 is 0 Å². The standard InChI is InChI=1S/C13H14F3N5/c14-13(15,16)4-1-10-19-20-12-11(18-7-8-21(10)12)9-2-5-17-6-3-9/h2-3,5-6,11,18H,1,4,7-8H2. The van der Waals surface area contributed by atoms with Crippen molar-refractivity contribution in [1.29, 1.82) is 0 Å². The minimum absolute atomic E-state index is 0.139. The van der Waals surface area contributed by atoms with Gasteiger partial charge >= 0.3 is 6.18 Å². The first kappa shape index (κ1) is 14.0. The van der Waals surface area contributed by atoms with Gasteiger partial charge < -0.3 is 9.88 Å². The van der Waals surface area contributed by atoms with E-state index in [1.807, 2.05) is 12.1 Å². The number of hydrogen-bond donors (Lipinski definition) is 1. The summed E-state index contributed by atoms with van der Waals surface area (Å²) in [4.78, 5) is 3.96. The number of hydrogen-bond acceptors (Lipinski definition) is 4. The number of pyridine rings is 1. The smallest absolute Gasteiger partial charge is 0.312 e. The van der Waals surface area contributed by atoms with Crippen molar-refractivity contribution in [2.45, 2.75) is 31.6 Å². The SMILES string of the molecule is FC(F)(F)CCc1nnc2n1CCNC2c1ccncc1. The van der Waals surface area contributed by atoms with Crippen molar-refractivity contribution in [3.8, 4) is 0 Å². The second kappa shape index (κ2) is 5.44. The van der Waals surface area contributed by atoms with Gasteiger partial charge in [0.1, 0.15) is 5.82 Å². The summed E-state index contributed by atoms with van der Waals surface area (Å²) in [7, 11) is 0. The van der Waals surface area contributed by atoms with Crippen molar-refractivity contribution in [1.82, 2.24) is 25.1 Å². The van der Waals surface area contributed by atoms with E-state index in [1.165, 1.54) is 0 Å². The Morgan fingerprint density at radius 1 is 1.24 bits per heavy atom. The zero-order valence-electron chi connectivity index (χ0n) is 11.1. The van der Waals surface area contributed by atoms with Crippen LogP contribution < -0.4 is 5.32 Å². The van der Waals surface area contributed by atoms with E-state index in [1.54, 1.807) is 17.0 Å². The Hall–Kier alpha value is -1.96. The topological polar surface area (TPSA) is 55.6 Å². The quantitative estimate of drug-likeness (QED) is 0.939. The van der Waals surface area contributed by atoms with E-state index in [-0.39, 0.29) is 12.5 Å². The molecule has 5 nitrogen and oxygen atoms in total. The maximum absolute atomic E-state index is 12.3. The van der Waals surface area contributed by atoms with Gasteiger partial charge in [0.25, 0.3) is 0 Å². The monoisotopic (exact) mass is 297 g/mol. The van der Waals surface area contributed by atoms with Gasteiger partial charge in [-0.15, -0.1) is 10.2 Å². The summed E-state index contributed by atoms with van der Waals surface area (Å²) in [5.74, 6) is 1.05. The van der Waals surface area contributed by atoms with Gasteiger partial charge in [-0.05, 0) is 17.7 Å². The summed E-state index contributed by atoms with van der Waals surface area (Å²) in [6.45, 7) is 1.24. The molecule has 0 aromatic carbocycles. The number of rotatable bonds is 3. The molecule has 0 spiro atoms. The van der Waals surface area contributed by atoms with E-state index in [0.717, 1.165) is 5.56 Å². The lowest BCUT2D eigenvalue weighted by atomic mass is 10.1. The summed E-state index contributed by atoms with van der Waals surface area (Å²) >= 11 is 0. The maximum atomic E-state index is 12.3. The Morgan fingerprint density at radius 2 is 2.00 bits per heavy atom. The minimum Gasteiger partial charge on any atom is -0.312 e. The van der Waals surface area contributed by atoms with Crippen LogP contribution in [-0.2, 0) is 13.0 Å². The number of nitrogens with one attached hydrogen (secondary N) is 1. The molecule has 0 saturated heterocycles. The van der Waals surface area contributed by atoms with Crippen molar-refractivity contribution in [3.05, 3.63) is 41.7 Å². The third kappa shape index (κ3) is 3.05. The average molecular weight is 297 g/mol. The molecule has 1 N–H and O–H groups in total. The highest BCUT2D eigenvalue weighted by Gasteiger charge is 2.30. The van der Waals surface area contributed by atoms with E-state index in [0.29, 0.717) is 24.7 Å². The lowest BCUT2D eigenvalue weighted by Gasteiger charge is -2.25. The molecule has 0 saturated carbocycles. The van der Waals surface area contributed by atoms with Crippen LogP contribution in [-0.4, -0.2) is 32.5 Å². The fourth-order valence-electron chi connectivity index (χ4n) is 2.48. The Labute approximate surface area is 119 Å². The number of aromatic nitrogens is 4. The van der Waals surface area contributed by atoms with Gasteiger partial charge in [0.05, 0.1) is 12.5 Å². The molecule has 0 aliphatic carbocycles. The Bertz CT molecular complexity index is 608. The zero-order chi connectivity index (χ0) is 14.9. The molecule has 3 rings (SSSR count). The molecule has 1 atom stereocenters. The predicted octanol–water partition coefficient (Wildman–Crippen LogP) is 1.86. The van der Waals surface area contributed by atoms with Crippen LogP contribution in [0.1, 0.15) is 29.7 Å². The highest BCUT2D eigenvalue weighted by Crippen LogP contribution is 2.26. The van der Waals surface area contributed by atoms with Crippen molar-refractivity contribution < 1.29 is 13.2 Å². The normalized spacial score (nSPS) is 18.5. The van der Waals surface area contributed by atoms with E-state index in [4.69, 9.17) is 0 Å². The molecule has 2 aromatic rings. The van der Waals surface area contributed by atoms with Crippen LogP contribution in [0.25, 0.3) is 0 Å². The van der Waals surface area contributed by atoms with Gasteiger partial charge in [0.15, 0.2) is 5.82 Å². The molecule has 3 heterocycles. The fourth-order valence-corrected chi connectivity index (χ4v) is 2.48. The third-order valence-electron chi connectivity index (χ3n) is 3.47. The molecular formula is C13H14F3N5. The van der Waals surface area contributed by atoms with Crippen LogP contribution in [0.15, 0.2) is 24.5 Å². The van der Waals surface area contributed by atoms with E-state index in [9.17, 15) is 13.2 Å². The molecule has 112 valence electrons. The first-order valence-corrected chi connectivity index (χ1v) is 6.66. The molecule has 0 fully saturated rings. The van der Waals surface area contributed by atoms with Crippen molar-refractivity contribution in [2.75, 3.05) is 6.54 Å². The maximum Gasteiger partial charge on any atom is 0.389 e. The third-order valence-corrected chi connectivity index (χ3v) is 3.47. The average Bonchev–Trinajstić information content (AvgIpc) is 2.88. The molecule has 0 radical (unpaired) electrons. The van der Waals surface area contributed by atoms with Crippen LogP contribution in [0, 0.1) is 0 Å². The van der Waals surface area contributed by atoms with Gasteiger partial charge in [-0.2, -0.15) is 13.2 Å². The molecule has 8 heteroatoms. The summed E-state index contributed by atoms with van der Waals surface area (Å²) in [5, 5.41) is 11.3. The Morgan fingerprint density at radius 3 is 2.71 bits per heavy atom. The summed E-state index contributed by atoms with van der Waals surface area (Å²) < 4.78 is 38.8.